The van der Waals surface area contributed by atoms with Gasteiger partial charge < -0.3 is 19.6 Å². The topological polar surface area (TPSA) is 109 Å². The highest BCUT2D eigenvalue weighted by Gasteiger charge is 2.36. The number of amides is 2. The molecule has 47 heavy (non-hydrogen) atoms. The molecule has 4 aromatic carbocycles. The van der Waals surface area contributed by atoms with Gasteiger partial charge in [0, 0.05) is 34.1 Å². The number of allylic oxidation sites excluding steroid dienone is 1. The summed E-state index contributed by atoms with van der Waals surface area (Å²) >= 11 is 0. The van der Waals surface area contributed by atoms with Crippen molar-refractivity contribution in [2.24, 2.45) is 0 Å². The van der Waals surface area contributed by atoms with Crippen molar-refractivity contribution in [3.63, 3.8) is 0 Å². The number of carbonyl (C=O) groups is 3. The van der Waals surface area contributed by atoms with Crippen molar-refractivity contribution in [2.45, 2.75) is 25.1 Å². The second-order valence-corrected chi connectivity index (χ2v) is 10.4. The van der Waals surface area contributed by atoms with E-state index in [1.807, 2.05) is 6.07 Å². The lowest BCUT2D eigenvalue weighted by Crippen LogP contribution is -2.33. The fourth-order valence-electron chi connectivity index (χ4n) is 4.80. The van der Waals surface area contributed by atoms with Gasteiger partial charge in [0.2, 0.25) is 0 Å². The fraction of sp³-hybridized carbons (Fsp3) is 0.147. The highest BCUT2D eigenvalue weighted by Crippen LogP contribution is 2.37. The van der Waals surface area contributed by atoms with Gasteiger partial charge in [-0.15, -0.1) is 0 Å². The molecule has 0 spiro atoms. The number of nitrogens with zero attached hydrogens (tertiary/aromatic N) is 1. The van der Waals surface area contributed by atoms with Gasteiger partial charge in [-0.1, -0.05) is 24.8 Å². The largest absolute Gasteiger partial charge is 0.481 e. The van der Waals surface area contributed by atoms with E-state index in [0.717, 1.165) is 16.4 Å². The van der Waals surface area contributed by atoms with E-state index in [4.69, 9.17) is 14.3 Å². The van der Waals surface area contributed by atoms with Crippen molar-refractivity contribution in [3.05, 3.63) is 120 Å². The summed E-state index contributed by atoms with van der Waals surface area (Å²) in [7, 11) is 0. The maximum atomic E-state index is 14.5. The van der Waals surface area contributed by atoms with Gasteiger partial charge in [-0.2, -0.15) is 22.0 Å². The minimum atomic E-state index is -4.98. The summed E-state index contributed by atoms with van der Waals surface area (Å²) in [6.07, 6.45) is -6.14. The number of nitrogens with one attached hydrogen (secondary N) is 1. The lowest BCUT2D eigenvalue weighted by Gasteiger charge is -2.24. The molecule has 2 N–H and O–H groups in total. The molecule has 0 atom stereocenters. The van der Waals surface area contributed by atoms with Crippen LogP contribution in [0.15, 0.2) is 102 Å². The Labute approximate surface area is 263 Å². The molecule has 1 aromatic heterocycles. The quantitative estimate of drug-likeness (QED) is 0.116. The average molecular weight is 653 g/mol. The van der Waals surface area contributed by atoms with Crippen LogP contribution in [0.25, 0.3) is 21.9 Å². The van der Waals surface area contributed by atoms with Crippen molar-refractivity contribution >= 4 is 45.6 Å². The number of hydrogen-bond acceptors (Lipinski definition) is 5. The molecule has 2 amide bonds. The monoisotopic (exact) mass is 652 g/mol. The Balaban J connectivity index is 1.51. The number of carboxylic acids is 1. The zero-order chi connectivity index (χ0) is 33.9. The van der Waals surface area contributed by atoms with Crippen LogP contribution in [-0.4, -0.2) is 29.6 Å². The van der Waals surface area contributed by atoms with Gasteiger partial charge in [-0.3, -0.25) is 14.5 Å². The van der Waals surface area contributed by atoms with E-state index in [2.05, 4.69) is 11.9 Å². The van der Waals surface area contributed by atoms with Crippen molar-refractivity contribution in [1.82, 2.24) is 5.32 Å². The van der Waals surface area contributed by atoms with Crippen LogP contribution in [0.3, 0.4) is 0 Å². The molecule has 0 bridgehead atoms. The third-order valence-electron chi connectivity index (χ3n) is 7.14. The van der Waals surface area contributed by atoms with E-state index < -0.39 is 47.7 Å². The molecule has 0 aliphatic carbocycles. The Hall–Kier alpha value is -5.72. The maximum absolute atomic E-state index is 14.5. The number of halogens is 5. The van der Waals surface area contributed by atoms with Crippen LogP contribution in [0.5, 0.6) is 5.75 Å². The second kappa shape index (κ2) is 12.9. The number of fused-ring (bicyclic) bond motifs is 3. The first kappa shape index (κ1) is 32.7. The number of rotatable bonds is 10. The molecule has 0 radical (unpaired) electrons. The van der Waals surface area contributed by atoms with Crippen molar-refractivity contribution < 1.29 is 50.6 Å². The number of alkyl halides is 5. The molecule has 242 valence electrons. The van der Waals surface area contributed by atoms with Gasteiger partial charge >= 0.3 is 18.2 Å². The lowest BCUT2D eigenvalue weighted by molar-refractivity contribution is -0.138. The summed E-state index contributed by atoms with van der Waals surface area (Å²) in [5.74, 6) is -5.46. The molecule has 0 aliphatic heterocycles. The van der Waals surface area contributed by atoms with Crippen LogP contribution >= 0.6 is 0 Å². The number of hydrogen-bond donors (Lipinski definition) is 2. The Bertz CT molecular complexity index is 1990. The molecule has 0 saturated carbocycles. The van der Waals surface area contributed by atoms with Crippen molar-refractivity contribution in [1.29, 1.82) is 0 Å². The van der Waals surface area contributed by atoms with E-state index in [0.29, 0.717) is 28.7 Å². The standard InChI is InChI=1S/C34H25F5N2O6/c1-2-33(35,36)22-15-20(16-23(17-22)34(37,38)39)19-41(24-9-7-21(8-10-24)31(44)40-14-13-30(42)43)32(45)46-25-11-12-29-27(18-25)26-5-3-4-6-28(26)47-29/h2-12,15-18H,1,13-14,19H2,(H,40,44)(H,42,43). The third-order valence-corrected chi connectivity index (χ3v) is 7.14. The lowest BCUT2D eigenvalue weighted by atomic mass is 10.00. The highest BCUT2D eigenvalue weighted by molar-refractivity contribution is 6.05. The molecular formula is C34H25F5N2O6. The normalized spacial score (nSPS) is 11.8. The van der Waals surface area contributed by atoms with Gasteiger partial charge in [0.25, 0.3) is 11.8 Å². The summed E-state index contributed by atoms with van der Waals surface area (Å²) in [5, 5.41) is 12.6. The molecule has 8 nitrogen and oxygen atoms in total. The zero-order valence-corrected chi connectivity index (χ0v) is 24.3. The van der Waals surface area contributed by atoms with Crippen LogP contribution in [0.4, 0.5) is 32.4 Å². The second-order valence-electron chi connectivity index (χ2n) is 10.4. The summed E-state index contributed by atoms with van der Waals surface area (Å²) in [4.78, 5) is 37.8. The van der Waals surface area contributed by atoms with Gasteiger partial charge in [-0.25, -0.2) is 4.79 Å². The maximum Gasteiger partial charge on any atom is 0.420 e. The first-order valence-corrected chi connectivity index (χ1v) is 14.0. The molecule has 1 heterocycles. The molecule has 5 rings (SSSR count). The Morgan fingerprint density at radius 3 is 2.23 bits per heavy atom. The zero-order valence-electron chi connectivity index (χ0n) is 24.3. The van der Waals surface area contributed by atoms with Crippen LogP contribution < -0.4 is 15.0 Å². The molecule has 5 aromatic rings. The fourth-order valence-corrected chi connectivity index (χ4v) is 4.80. The summed E-state index contributed by atoms with van der Waals surface area (Å²) in [6.45, 7) is 2.24. The van der Waals surface area contributed by atoms with Crippen LogP contribution in [0, 0.1) is 0 Å². The smallest absolute Gasteiger partial charge is 0.420 e. The molecule has 0 fully saturated rings. The number of anilines is 1. The van der Waals surface area contributed by atoms with Gasteiger partial charge in [0.1, 0.15) is 16.9 Å². The van der Waals surface area contributed by atoms with E-state index in [-0.39, 0.29) is 41.6 Å². The number of ether oxygens (including phenoxy) is 1. The predicted molar refractivity (Wildman–Crippen MR) is 162 cm³/mol. The number of aliphatic carboxylic acids is 1. The third kappa shape index (κ3) is 7.40. The average Bonchev–Trinajstić information content (AvgIpc) is 3.41. The number of benzene rings is 4. The molecule has 13 heteroatoms. The van der Waals surface area contributed by atoms with E-state index in [9.17, 15) is 36.3 Å². The van der Waals surface area contributed by atoms with Gasteiger partial charge in [-0.05, 0) is 78.4 Å². The Morgan fingerprint density at radius 1 is 0.872 bits per heavy atom. The minimum absolute atomic E-state index is 0.0568. The Morgan fingerprint density at radius 2 is 1.55 bits per heavy atom. The number of carboxylic acid groups (broad SMARTS) is 1. The molecular weight excluding hydrogens is 627 g/mol. The Kier molecular flexibility index (Phi) is 9.00. The van der Waals surface area contributed by atoms with E-state index in [1.165, 1.54) is 30.3 Å². The van der Waals surface area contributed by atoms with E-state index >= 15 is 0 Å². The van der Waals surface area contributed by atoms with Gasteiger partial charge in [0.05, 0.1) is 18.5 Å². The molecule has 0 saturated heterocycles. The van der Waals surface area contributed by atoms with Crippen molar-refractivity contribution in [3.8, 4) is 5.75 Å². The molecule has 0 aliphatic rings. The number of furan rings is 1. The highest BCUT2D eigenvalue weighted by atomic mass is 19.4. The minimum Gasteiger partial charge on any atom is -0.481 e. The number of carbonyl (C=O) groups excluding carboxylic acids is 2. The van der Waals surface area contributed by atoms with Crippen molar-refractivity contribution in [2.75, 3.05) is 11.4 Å². The van der Waals surface area contributed by atoms with Crippen LogP contribution in [0.2, 0.25) is 0 Å². The van der Waals surface area contributed by atoms with Gasteiger partial charge in [0.15, 0.2) is 0 Å². The first-order chi connectivity index (χ1) is 22.2. The van der Waals surface area contributed by atoms with Crippen LogP contribution in [0.1, 0.15) is 33.5 Å². The van der Waals surface area contributed by atoms with Crippen LogP contribution in [-0.2, 0) is 23.4 Å². The summed E-state index contributed by atoms with van der Waals surface area (Å²) in [6, 6.07) is 18.8. The first-order valence-electron chi connectivity index (χ1n) is 14.0. The predicted octanol–water partition coefficient (Wildman–Crippen LogP) is 8.29. The summed E-state index contributed by atoms with van der Waals surface area (Å²) in [5.41, 5.74) is -1.36. The SMILES string of the molecule is C=CC(F)(F)c1cc(CN(C(=O)Oc2ccc3oc4ccccc4c3c2)c2ccc(C(=O)NCCC(=O)O)cc2)cc(C(F)(F)F)c1. The molecule has 0 unspecified atom stereocenters. The van der Waals surface area contributed by atoms with E-state index in [1.54, 1.807) is 30.3 Å². The number of para-hydroxylation sites is 1. The summed E-state index contributed by atoms with van der Waals surface area (Å²) < 4.78 is 81.8.